The molecule has 0 saturated carbocycles. The number of nitrogens with zero attached hydrogens (tertiary/aromatic N) is 3. The molecule has 1 saturated heterocycles. The van der Waals surface area contributed by atoms with Gasteiger partial charge in [-0.2, -0.15) is 0 Å². The van der Waals surface area contributed by atoms with Crippen LogP contribution in [0.25, 0.3) is 5.69 Å². The number of pyridine rings is 1. The SMILES string of the molecule is COc1ccc(N2C(=S)NC(c3ccccn3)C2c2cc(C)n(-c3cccc(Cl)c3Cl)c2C)c(OC)c1. The van der Waals surface area contributed by atoms with Crippen molar-refractivity contribution < 1.29 is 9.47 Å². The second-order valence-electron chi connectivity index (χ2n) is 8.77. The molecule has 0 amide bonds. The Balaban J connectivity index is 1.72. The van der Waals surface area contributed by atoms with Gasteiger partial charge in [-0.05, 0) is 74.1 Å². The van der Waals surface area contributed by atoms with Gasteiger partial charge in [0.1, 0.15) is 11.5 Å². The average Bonchev–Trinajstić information content (AvgIpc) is 3.40. The van der Waals surface area contributed by atoms with E-state index in [1.54, 1.807) is 26.5 Å². The van der Waals surface area contributed by atoms with E-state index in [2.05, 4.69) is 39.7 Å². The first-order valence-electron chi connectivity index (χ1n) is 11.7. The lowest BCUT2D eigenvalue weighted by molar-refractivity contribution is 0.394. The Hall–Kier alpha value is -3.26. The molecular formula is C28H26Cl2N4O2S. The number of ether oxygens (including phenoxy) is 2. The van der Waals surface area contributed by atoms with Crippen LogP contribution in [0.15, 0.2) is 66.9 Å². The highest BCUT2D eigenvalue weighted by Gasteiger charge is 2.43. The predicted molar refractivity (Wildman–Crippen MR) is 153 cm³/mol. The molecule has 0 aliphatic carbocycles. The quantitative estimate of drug-likeness (QED) is 0.260. The van der Waals surface area contributed by atoms with E-state index in [9.17, 15) is 0 Å². The molecule has 2 aromatic carbocycles. The van der Waals surface area contributed by atoms with E-state index in [1.807, 2.05) is 48.5 Å². The fourth-order valence-corrected chi connectivity index (χ4v) is 5.76. The van der Waals surface area contributed by atoms with Crippen LogP contribution in [0.2, 0.25) is 10.0 Å². The van der Waals surface area contributed by atoms with Crippen LogP contribution in [0.3, 0.4) is 0 Å². The van der Waals surface area contributed by atoms with Crippen molar-refractivity contribution in [2.45, 2.75) is 25.9 Å². The summed E-state index contributed by atoms with van der Waals surface area (Å²) >= 11 is 18.9. The molecule has 5 rings (SSSR count). The van der Waals surface area contributed by atoms with E-state index < -0.39 is 0 Å². The number of aryl methyl sites for hydroxylation is 1. The predicted octanol–water partition coefficient (Wildman–Crippen LogP) is 6.99. The monoisotopic (exact) mass is 552 g/mol. The van der Waals surface area contributed by atoms with Crippen molar-refractivity contribution in [1.82, 2.24) is 14.9 Å². The van der Waals surface area contributed by atoms with Gasteiger partial charge in [0.25, 0.3) is 0 Å². The normalized spacial score (nSPS) is 17.1. The van der Waals surface area contributed by atoms with Crippen LogP contribution in [-0.4, -0.2) is 28.9 Å². The Morgan fingerprint density at radius 1 is 0.946 bits per heavy atom. The average molecular weight is 554 g/mol. The minimum absolute atomic E-state index is 0.204. The smallest absolute Gasteiger partial charge is 0.174 e. The number of methoxy groups -OCH3 is 2. The zero-order chi connectivity index (χ0) is 26.3. The van der Waals surface area contributed by atoms with Crippen molar-refractivity contribution >= 4 is 46.2 Å². The van der Waals surface area contributed by atoms with Gasteiger partial charge >= 0.3 is 0 Å². The molecule has 1 fully saturated rings. The van der Waals surface area contributed by atoms with Crippen LogP contribution in [-0.2, 0) is 0 Å². The fraction of sp³-hybridized carbons (Fsp3) is 0.214. The van der Waals surface area contributed by atoms with E-state index >= 15 is 0 Å². The van der Waals surface area contributed by atoms with E-state index in [1.165, 1.54) is 0 Å². The van der Waals surface area contributed by atoms with Crippen molar-refractivity contribution in [3.05, 3.63) is 99.6 Å². The summed E-state index contributed by atoms with van der Waals surface area (Å²) in [6.45, 7) is 4.14. The van der Waals surface area contributed by atoms with Crippen LogP contribution < -0.4 is 19.7 Å². The lowest BCUT2D eigenvalue weighted by atomic mass is 9.96. The number of anilines is 1. The molecule has 2 unspecified atom stereocenters. The molecule has 0 spiro atoms. The molecule has 0 bridgehead atoms. The molecule has 1 aliphatic heterocycles. The van der Waals surface area contributed by atoms with Crippen molar-refractivity contribution in [2.75, 3.05) is 19.1 Å². The van der Waals surface area contributed by atoms with Crippen molar-refractivity contribution in [2.24, 2.45) is 0 Å². The second-order valence-corrected chi connectivity index (χ2v) is 9.94. The molecule has 37 heavy (non-hydrogen) atoms. The lowest BCUT2D eigenvalue weighted by Gasteiger charge is -2.29. The summed E-state index contributed by atoms with van der Waals surface area (Å²) in [6, 6.07) is 19.0. The fourth-order valence-electron chi connectivity index (χ4n) is 5.04. The molecule has 3 heterocycles. The minimum Gasteiger partial charge on any atom is -0.497 e. The van der Waals surface area contributed by atoms with Crippen LogP contribution in [0.4, 0.5) is 5.69 Å². The summed E-state index contributed by atoms with van der Waals surface area (Å²) in [5.41, 5.74) is 5.67. The van der Waals surface area contributed by atoms with Gasteiger partial charge < -0.3 is 24.3 Å². The number of hydrogen-bond acceptors (Lipinski definition) is 4. The number of rotatable bonds is 6. The topological polar surface area (TPSA) is 51.5 Å². The van der Waals surface area contributed by atoms with Crippen LogP contribution in [0.1, 0.15) is 34.7 Å². The van der Waals surface area contributed by atoms with Gasteiger partial charge in [0.2, 0.25) is 0 Å². The summed E-state index contributed by atoms with van der Waals surface area (Å²) < 4.78 is 13.3. The summed E-state index contributed by atoms with van der Waals surface area (Å²) in [6.07, 6.45) is 1.79. The number of thiocarbonyl (C=S) groups is 1. The lowest BCUT2D eigenvalue weighted by Crippen LogP contribution is -2.30. The van der Waals surface area contributed by atoms with Crippen LogP contribution in [0.5, 0.6) is 11.5 Å². The minimum atomic E-state index is -0.220. The van der Waals surface area contributed by atoms with Gasteiger partial charge in [-0.15, -0.1) is 0 Å². The molecule has 1 N–H and O–H groups in total. The molecule has 9 heteroatoms. The zero-order valence-corrected chi connectivity index (χ0v) is 23.2. The first-order valence-corrected chi connectivity index (χ1v) is 12.9. The Morgan fingerprint density at radius 3 is 2.46 bits per heavy atom. The maximum atomic E-state index is 6.65. The summed E-state index contributed by atoms with van der Waals surface area (Å²) in [4.78, 5) is 6.76. The molecule has 4 aromatic rings. The molecule has 2 atom stereocenters. The molecular weight excluding hydrogens is 527 g/mol. The highest BCUT2D eigenvalue weighted by atomic mass is 35.5. The molecule has 0 radical (unpaired) electrons. The molecule has 2 aromatic heterocycles. The number of hydrogen-bond donors (Lipinski definition) is 1. The van der Waals surface area contributed by atoms with Gasteiger partial charge in [0, 0.05) is 23.7 Å². The third kappa shape index (κ3) is 4.41. The summed E-state index contributed by atoms with van der Waals surface area (Å²) in [5.74, 6) is 1.35. The van der Waals surface area contributed by atoms with Crippen LogP contribution in [0, 0.1) is 13.8 Å². The standard InChI is InChI=1S/C28H26Cl2N4O2S/c1-16-14-19(17(2)33(16)23-10-7-8-20(29)25(23)30)27-26(21-9-5-6-13-31-21)32-28(37)34(27)22-12-11-18(35-3)15-24(22)36-4/h5-15,26-27H,1-4H3,(H,32,37). The van der Waals surface area contributed by atoms with Crippen molar-refractivity contribution in [1.29, 1.82) is 0 Å². The first-order chi connectivity index (χ1) is 17.8. The number of nitrogens with one attached hydrogen (secondary N) is 1. The number of benzene rings is 2. The van der Waals surface area contributed by atoms with Gasteiger partial charge in [-0.25, -0.2) is 0 Å². The van der Waals surface area contributed by atoms with E-state index in [-0.39, 0.29) is 12.1 Å². The Labute approximate surface area is 231 Å². The maximum Gasteiger partial charge on any atom is 0.174 e. The Bertz CT molecular complexity index is 1470. The molecule has 190 valence electrons. The van der Waals surface area contributed by atoms with E-state index in [0.717, 1.165) is 34.0 Å². The molecule has 1 aliphatic rings. The summed E-state index contributed by atoms with van der Waals surface area (Å²) in [7, 11) is 3.27. The Kier molecular flexibility index (Phi) is 7.03. The number of aromatic nitrogens is 2. The second kappa shape index (κ2) is 10.2. The van der Waals surface area contributed by atoms with E-state index in [0.29, 0.717) is 26.7 Å². The highest BCUT2D eigenvalue weighted by molar-refractivity contribution is 7.80. The van der Waals surface area contributed by atoms with Gasteiger partial charge in [0.15, 0.2) is 5.11 Å². The molecule has 6 nitrogen and oxygen atoms in total. The highest BCUT2D eigenvalue weighted by Crippen LogP contribution is 2.47. The van der Waals surface area contributed by atoms with Crippen molar-refractivity contribution in [3.63, 3.8) is 0 Å². The van der Waals surface area contributed by atoms with Gasteiger partial charge in [-0.1, -0.05) is 35.3 Å². The van der Waals surface area contributed by atoms with E-state index in [4.69, 9.17) is 44.9 Å². The van der Waals surface area contributed by atoms with Crippen LogP contribution >= 0.6 is 35.4 Å². The zero-order valence-electron chi connectivity index (χ0n) is 20.8. The summed E-state index contributed by atoms with van der Waals surface area (Å²) in [5, 5.41) is 5.11. The number of halogens is 2. The Morgan fingerprint density at radius 2 is 1.76 bits per heavy atom. The van der Waals surface area contributed by atoms with Gasteiger partial charge in [0.05, 0.1) is 53.4 Å². The maximum absolute atomic E-state index is 6.65. The third-order valence-corrected chi connectivity index (χ3v) is 7.83. The largest absolute Gasteiger partial charge is 0.497 e. The van der Waals surface area contributed by atoms with Crippen molar-refractivity contribution in [3.8, 4) is 17.2 Å². The first kappa shape index (κ1) is 25.4. The van der Waals surface area contributed by atoms with Gasteiger partial charge in [-0.3, -0.25) is 4.98 Å². The third-order valence-electron chi connectivity index (χ3n) is 6.71.